The number of carbonyl (C=O) groups excluding carboxylic acids is 1. The Kier molecular flexibility index (Phi) is 5.56. The minimum absolute atomic E-state index is 0.0410. The Morgan fingerprint density at radius 1 is 1.29 bits per heavy atom. The van der Waals surface area contributed by atoms with Gasteiger partial charge < -0.3 is 14.6 Å². The van der Waals surface area contributed by atoms with E-state index in [1.54, 1.807) is 24.3 Å². The van der Waals surface area contributed by atoms with Gasteiger partial charge in [0.05, 0.1) is 23.1 Å². The molecule has 1 aromatic carbocycles. The molecule has 1 N–H and O–H groups in total. The smallest absolute Gasteiger partial charge is 0.263 e. The van der Waals surface area contributed by atoms with E-state index in [4.69, 9.17) is 10.00 Å². The van der Waals surface area contributed by atoms with E-state index in [9.17, 15) is 18.0 Å². The van der Waals surface area contributed by atoms with E-state index in [1.807, 2.05) is 6.07 Å². The maximum absolute atomic E-state index is 13.0. The third-order valence-electron chi connectivity index (χ3n) is 6.62. The van der Waals surface area contributed by atoms with Crippen molar-refractivity contribution in [3.8, 4) is 11.9 Å². The van der Waals surface area contributed by atoms with Crippen LogP contribution in [0.25, 0.3) is 10.9 Å². The molecule has 0 radical (unpaired) electrons. The average molecular weight is 494 g/mol. The Bertz CT molecular complexity index is 1530. The lowest BCUT2D eigenvalue weighted by atomic mass is 10.1. The lowest BCUT2D eigenvalue weighted by Crippen LogP contribution is -2.34. The minimum atomic E-state index is -3.26. The molecule has 0 unspecified atom stereocenters. The number of aromatic nitrogens is 3. The Hall–Kier alpha value is -3.78. The van der Waals surface area contributed by atoms with Gasteiger partial charge in [0.2, 0.25) is 0 Å². The first-order chi connectivity index (χ1) is 16.8. The fourth-order valence-corrected chi connectivity index (χ4v) is 6.49. The first-order valence-corrected chi connectivity index (χ1v) is 12.8. The number of carbonyl (C=O) groups is 1. The second-order valence-corrected chi connectivity index (χ2v) is 11.7. The van der Waals surface area contributed by atoms with Gasteiger partial charge in [0.15, 0.2) is 9.84 Å². The summed E-state index contributed by atoms with van der Waals surface area (Å²) in [6, 6.07) is 10.2. The second-order valence-electron chi connectivity index (χ2n) is 9.08. The summed E-state index contributed by atoms with van der Waals surface area (Å²) >= 11 is 0. The molecule has 0 aliphatic heterocycles. The molecule has 35 heavy (non-hydrogen) atoms. The van der Waals surface area contributed by atoms with Crippen molar-refractivity contribution >= 4 is 26.6 Å². The van der Waals surface area contributed by atoms with Gasteiger partial charge in [-0.3, -0.25) is 9.59 Å². The molecule has 2 fully saturated rings. The van der Waals surface area contributed by atoms with E-state index in [-0.39, 0.29) is 29.8 Å². The summed E-state index contributed by atoms with van der Waals surface area (Å²) < 4.78 is 31.8. The Labute approximate surface area is 201 Å². The van der Waals surface area contributed by atoms with Crippen LogP contribution in [0.5, 0.6) is 5.88 Å². The molecule has 10 nitrogen and oxygen atoms in total. The van der Waals surface area contributed by atoms with Gasteiger partial charge in [-0.2, -0.15) is 10.4 Å². The summed E-state index contributed by atoms with van der Waals surface area (Å²) in [5, 5.41) is 19.7. The van der Waals surface area contributed by atoms with Gasteiger partial charge >= 0.3 is 0 Å². The Morgan fingerprint density at radius 3 is 2.63 bits per heavy atom. The molecule has 0 spiro atoms. The third-order valence-corrected chi connectivity index (χ3v) is 9.70. The predicted molar refractivity (Wildman–Crippen MR) is 127 cm³/mol. The first kappa shape index (κ1) is 23.0. The van der Waals surface area contributed by atoms with E-state index in [0.717, 1.165) is 5.56 Å². The quantitative estimate of drug-likeness (QED) is 0.498. The number of ether oxygens (including phenoxy) is 1. The van der Waals surface area contributed by atoms with Crippen LogP contribution in [0.3, 0.4) is 0 Å². The molecule has 2 heterocycles. The zero-order valence-corrected chi connectivity index (χ0v) is 19.8. The number of amides is 1. The van der Waals surface area contributed by atoms with E-state index in [0.29, 0.717) is 42.1 Å². The molecule has 2 aliphatic carbocycles. The molecule has 5 rings (SSSR count). The van der Waals surface area contributed by atoms with E-state index in [1.165, 1.54) is 23.9 Å². The van der Waals surface area contributed by atoms with Crippen LogP contribution in [0.4, 0.5) is 0 Å². The second kappa shape index (κ2) is 8.46. The van der Waals surface area contributed by atoms with Crippen molar-refractivity contribution in [2.24, 2.45) is 7.05 Å². The summed E-state index contributed by atoms with van der Waals surface area (Å²) in [4.78, 5) is 25.8. The zero-order chi connectivity index (χ0) is 24.8. The highest BCUT2D eigenvalue weighted by Gasteiger charge is 2.60. The van der Waals surface area contributed by atoms with Gasteiger partial charge in [-0.05, 0) is 49.4 Å². The number of pyridine rings is 1. The lowest BCUT2D eigenvalue weighted by molar-refractivity contribution is 0.0949. The number of hydrogen-bond donors (Lipinski definition) is 1. The van der Waals surface area contributed by atoms with Crippen LogP contribution in [0, 0.1) is 11.3 Å². The molecule has 3 aromatic rings. The highest BCUT2D eigenvalue weighted by molar-refractivity contribution is 7.94. The molecule has 0 saturated heterocycles. The Balaban J connectivity index is 1.37. The summed E-state index contributed by atoms with van der Waals surface area (Å²) in [7, 11) is -1.75. The largest absolute Gasteiger partial charge is 0.473 e. The molecule has 2 saturated carbocycles. The maximum atomic E-state index is 13.0. The molecule has 1 amide bonds. The van der Waals surface area contributed by atoms with Crippen molar-refractivity contribution in [3.05, 3.63) is 63.6 Å². The van der Waals surface area contributed by atoms with Gasteiger partial charge in [0.25, 0.3) is 17.3 Å². The van der Waals surface area contributed by atoms with Gasteiger partial charge in [-0.1, -0.05) is 12.1 Å². The summed E-state index contributed by atoms with van der Waals surface area (Å²) in [6.45, 7) is 0.146. The van der Waals surface area contributed by atoms with E-state index < -0.39 is 26.1 Å². The van der Waals surface area contributed by atoms with Crippen LogP contribution in [0.15, 0.2) is 41.3 Å². The SMILES string of the molecule is Cn1c(=O)c(C(=O)NCc2ccc(C#N)cc2)cc2cnnc(OCC3(S(=O)(=O)C4CC4)CC3)c21. The normalized spacial score (nSPS) is 16.5. The van der Waals surface area contributed by atoms with E-state index in [2.05, 4.69) is 15.5 Å². The van der Waals surface area contributed by atoms with Crippen molar-refractivity contribution in [3.63, 3.8) is 0 Å². The number of nitrogens with zero attached hydrogens (tertiary/aromatic N) is 4. The standard InChI is InChI=1S/C24H23N5O5S/c1-29-20-17(10-19(23(29)31)21(30)26-12-16-4-2-15(11-25)3-5-16)13-27-28-22(20)34-14-24(8-9-24)35(32,33)18-6-7-18/h2-5,10,13,18H,6-9,12,14H2,1H3,(H,26,30). The monoisotopic (exact) mass is 493 g/mol. The predicted octanol–water partition coefficient (Wildman–Crippen LogP) is 1.62. The molecule has 0 bridgehead atoms. The number of hydrogen-bond acceptors (Lipinski definition) is 8. The van der Waals surface area contributed by atoms with Gasteiger partial charge in [-0.15, -0.1) is 5.10 Å². The van der Waals surface area contributed by atoms with Crippen LogP contribution in [0.1, 0.15) is 47.2 Å². The minimum Gasteiger partial charge on any atom is -0.473 e. The molecule has 11 heteroatoms. The Morgan fingerprint density at radius 2 is 2.00 bits per heavy atom. The van der Waals surface area contributed by atoms with Gasteiger partial charge in [0, 0.05) is 19.0 Å². The topological polar surface area (TPSA) is 144 Å². The van der Waals surface area contributed by atoms with Crippen molar-refractivity contribution in [2.45, 2.75) is 42.2 Å². The highest BCUT2D eigenvalue weighted by atomic mass is 32.2. The summed E-state index contributed by atoms with van der Waals surface area (Å²) in [6.07, 6.45) is 3.91. The number of fused-ring (bicyclic) bond motifs is 1. The molecule has 180 valence electrons. The van der Waals surface area contributed by atoms with E-state index >= 15 is 0 Å². The molecular formula is C24H23N5O5S. The highest BCUT2D eigenvalue weighted by Crippen LogP contribution is 2.50. The van der Waals surface area contributed by atoms with Crippen LogP contribution >= 0.6 is 0 Å². The van der Waals surface area contributed by atoms with Gasteiger partial charge in [-0.25, -0.2) is 8.42 Å². The van der Waals surface area contributed by atoms with Crippen molar-refractivity contribution in [2.75, 3.05) is 6.61 Å². The number of rotatable bonds is 8. The maximum Gasteiger partial charge on any atom is 0.263 e. The first-order valence-electron chi connectivity index (χ1n) is 11.2. The fourth-order valence-electron chi connectivity index (χ4n) is 4.13. The van der Waals surface area contributed by atoms with Crippen LogP contribution in [-0.4, -0.2) is 45.7 Å². The number of nitriles is 1. The lowest BCUT2D eigenvalue weighted by Gasteiger charge is -2.17. The third kappa shape index (κ3) is 4.14. The van der Waals surface area contributed by atoms with Crippen LogP contribution < -0.4 is 15.6 Å². The number of sulfone groups is 1. The van der Waals surface area contributed by atoms with Crippen LogP contribution in [-0.2, 0) is 23.4 Å². The van der Waals surface area contributed by atoms with Crippen molar-refractivity contribution in [1.29, 1.82) is 5.26 Å². The van der Waals surface area contributed by atoms with Gasteiger partial charge in [0.1, 0.15) is 22.4 Å². The average Bonchev–Trinajstić information content (AvgIpc) is 3.77. The number of aryl methyl sites for hydroxylation is 1. The van der Waals surface area contributed by atoms with Crippen molar-refractivity contribution < 1.29 is 17.9 Å². The fraction of sp³-hybridized carbons (Fsp3) is 0.375. The molecule has 2 aliphatic rings. The zero-order valence-electron chi connectivity index (χ0n) is 19.0. The molecular weight excluding hydrogens is 470 g/mol. The van der Waals surface area contributed by atoms with Crippen LogP contribution in [0.2, 0.25) is 0 Å². The molecule has 0 atom stereocenters. The number of benzene rings is 1. The number of nitrogens with one attached hydrogen (secondary N) is 1. The summed E-state index contributed by atoms with van der Waals surface area (Å²) in [5.41, 5.74) is 1.03. The molecule has 2 aromatic heterocycles. The summed E-state index contributed by atoms with van der Waals surface area (Å²) in [5.74, 6) is -0.493. The van der Waals surface area contributed by atoms with Crippen molar-refractivity contribution in [1.82, 2.24) is 20.1 Å².